The number of carboxylic acid groups (broad SMARTS) is 1. The Morgan fingerprint density at radius 2 is 1.83 bits per heavy atom. The predicted octanol–water partition coefficient (Wildman–Crippen LogP) is 3.14. The summed E-state index contributed by atoms with van der Waals surface area (Å²) in [5.41, 5.74) is -0.452. The SMILES string of the molecule is CC1CCCCC1N(C)CC1(C(=O)O)CCCC1. The van der Waals surface area contributed by atoms with Gasteiger partial charge >= 0.3 is 5.97 Å². The van der Waals surface area contributed by atoms with E-state index < -0.39 is 11.4 Å². The molecule has 3 nitrogen and oxygen atoms in total. The molecule has 0 aliphatic heterocycles. The highest BCUT2D eigenvalue weighted by Gasteiger charge is 2.43. The molecule has 0 spiro atoms. The predicted molar refractivity (Wildman–Crippen MR) is 72.6 cm³/mol. The fourth-order valence-electron chi connectivity index (χ4n) is 4.04. The summed E-state index contributed by atoms with van der Waals surface area (Å²) in [7, 11) is 2.13. The van der Waals surface area contributed by atoms with Crippen LogP contribution in [-0.2, 0) is 4.79 Å². The number of carbonyl (C=O) groups is 1. The van der Waals surface area contributed by atoms with Gasteiger partial charge in [0.05, 0.1) is 5.41 Å². The lowest BCUT2D eigenvalue weighted by molar-refractivity contribution is -0.150. The summed E-state index contributed by atoms with van der Waals surface area (Å²) in [6, 6.07) is 0.593. The van der Waals surface area contributed by atoms with Crippen molar-refractivity contribution in [3.8, 4) is 0 Å². The lowest BCUT2D eigenvalue weighted by Gasteiger charge is -2.40. The molecule has 2 atom stereocenters. The summed E-state index contributed by atoms with van der Waals surface area (Å²) < 4.78 is 0. The molecule has 0 saturated heterocycles. The Kier molecular flexibility index (Phi) is 4.31. The number of hydrogen-bond acceptors (Lipinski definition) is 2. The van der Waals surface area contributed by atoms with Crippen molar-refractivity contribution in [3.63, 3.8) is 0 Å². The summed E-state index contributed by atoms with van der Waals surface area (Å²) in [4.78, 5) is 13.9. The Hall–Kier alpha value is -0.570. The molecule has 0 aromatic carbocycles. The van der Waals surface area contributed by atoms with Gasteiger partial charge in [0, 0.05) is 12.6 Å². The van der Waals surface area contributed by atoms with E-state index in [0.29, 0.717) is 6.04 Å². The highest BCUT2D eigenvalue weighted by Crippen LogP contribution is 2.40. The van der Waals surface area contributed by atoms with E-state index in [2.05, 4.69) is 18.9 Å². The molecule has 1 N–H and O–H groups in total. The normalized spacial score (nSPS) is 31.7. The van der Waals surface area contributed by atoms with Crippen molar-refractivity contribution in [3.05, 3.63) is 0 Å². The lowest BCUT2D eigenvalue weighted by atomic mass is 9.81. The molecule has 0 bridgehead atoms. The van der Waals surface area contributed by atoms with Gasteiger partial charge in [-0.3, -0.25) is 4.79 Å². The number of nitrogens with zero attached hydrogens (tertiary/aromatic N) is 1. The average Bonchev–Trinajstić information content (AvgIpc) is 2.79. The first-order valence-corrected chi connectivity index (χ1v) is 7.49. The smallest absolute Gasteiger partial charge is 0.310 e. The van der Waals surface area contributed by atoms with Gasteiger partial charge in [-0.2, -0.15) is 0 Å². The third kappa shape index (κ3) is 2.71. The minimum atomic E-state index is -0.574. The van der Waals surface area contributed by atoms with E-state index in [4.69, 9.17) is 0 Å². The van der Waals surface area contributed by atoms with Crippen molar-refractivity contribution in [2.45, 2.75) is 64.3 Å². The Labute approximate surface area is 111 Å². The molecule has 0 heterocycles. The summed E-state index contributed by atoms with van der Waals surface area (Å²) in [5.74, 6) is 0.145. The molecule has 0 radical (unpaired) electrons. The monoisotopic (exact) mass is 253 g/mol. The van der Waals surface area contributed by atoms with E-state index in [1.54, 1.807) is 0 Å². The largest absolute Gasteiger partial charge is 0.481 e. The van der Waals surface area contributed by atoms with E-state index >= 15 is 0 Å². The van der Waals surface area contributed by atoms with Crippen LogP contribution in [0.3, 0.4) is 0 Å². The van der Waals surface area contributed by atoms with Gasteiger partial charge in [-0.05, 0) is 38.6 Å². The first-order chi connectivity index (χ1) is 8.55. The lowest BCUT2D eigenvalue weighted by Crippen LogP contribution is -2.47. The summed E-state index contributed by atoms with van der Waals surface area (Å²) >= 11 is 0. The van der Waals surface area contributed by atoms with E-state index in [1.165, 1.54) is 25.7 Å². The fraction of sp³-hybridized carbons (Fsp3) is 0.933. The van der Waals surface area contributed by atoms with Gasteiger partial charge in [0.2, 0.25) is 0 Å². The second-order valence-electron chi connectivity index (χ2n) is 6.54. The molecule has 18 heavy (non-hydrogen) atoms. The van der Waals surface area contributed by atoms with Gasteiger partial charge in [-0.15, -0.1) is 0 Å². The van der Waals surface area contributed by atoms with Crippen molar-refractivity contribution in [1.82, 2.24) is 4.90 Å². The molecule has 104 valence electrons. The third-order valence-electron chi connectivity index (χ3n) is 5.20. The second-order valence-corrected chi connectivity index (χ2v) is 6.54. The van der Waals surface area contributed by atoms with Crippen molar-refractivity contribution in [1.29, 1.82) is 0 Å². The van der Waals surface area contributed by atoms with Crippen LogP contribution < -0.4 is 0 Å². The minimum absolute atomic E-state index is 0.452. The first kappa shape index (κ1) is 13.9. The Morgan fingerprint density at radius 1 is 1.22 bits per heavy atom. The zero-order valence-corrected chi connectivity index (χ0v) is 11.8. The van der Waals surface area contributed by atoms with Gasteiger partial charge in [-0.25, -0.2) is 0 Å². The number of hydrogen-bond donors (Lipinski definition) is 1. The fourth-order valence-corrected chi connectivity index (χ4v) is 4.04. The maximum absolute atomic E-state index is 11.6. The molecule has 2 rings (SSSR count). The zero-order chi connectivity index (χ0) is 13.2. The molecule has 2 saturated carbocycles. The van der Waals surface area contributed by atoms with Crippen LogP contribution in [0.15, 0.2) is 0 Å². The summed E-state index contributed by atoms with van der Waals surface area (Å²) in [5, 5.41) is 9.55. The van der Waals surface area contributed by atoms with Crippen molar-refractivity contribution >= 4 is 5.97 Å². The maximum atomic E-state index is 11.6. The zero-order valence-electron chi connectivity index (χ0n) is 11.8. The van der Waals surface area contributed by atoms with E-state index in [9.17, 15) is 9.90 Å². The molecule has 2 unspecified atom stereocenters. The Balaban J connectivity index is 2.00. The molecule has 0 amide bonds. The number of carboxylic acids is 1. The van der Waals surface area contributed by atoms with Crippen LogP contribution in [0.1, 0.15) is 58.3 Å². The van der Waals surface area contributed by atoms with E-state index in [1.807, 2.05) is 0 Å². The molecule has 2 fully saturated rings. The highest BCUT2D eigenvalue weighted by atomic mass is 16.4. The van der Waals surface area contributed by atoms with E-state index in [-0.39, 0.29) is 0 Å². The molecular weight excluding hydrogens is 226 g/mol. The summed E-state index contributed by atoms with van der Waals surface area (Å²) in [6.07, 6.45) is 9.10. The molecular formula is C15H27NO2. The quantitative estimate of drug-likeness (QED) is 0.836. The van der Waals surface area contributed by atoms with Crippen LogP contribution in [0.5, 0.6) is 0 Å². The summed E-state index contributed by atoms with van der Waals surface area (Å²) in [6.45, 7) is 3.07. The molecule has 0 aromatic rings. The number of rotatable bonds is 4. The third-order valence-corrected chi connectivity index (χ3v) is 5.20. The average molecular weight is 253 g/mol. The van der Waals surface area contributed by atoms with Crippen LogP contribution in [0.25, 0.3) is 0 Å². The van der Waals surface area contributed by atoms with Gasteiger partial charge in [-0.1, -0.05) is 32.6 Å². The second kappa shape index (κ2) is 5.60. The minimum Gasteiger partial charge on any atom is -0.481 e. The van der Waals surface area contributed by atoms with Gasteiger partial charge in [0.1, 0.15) is 0 Å². The van der Waals surface area contributed by atoms with Crippen LogP contribution in [0.2, 0.25) is 0 Å². The van der Waals surface area contributed by atoms with Crippen molar-refractivity contribution in [2.75, 3.05) is 13.6 Å². The molecule has 2 aliphatic rings. The van der Waals surface area contributed by atoms with Crippen LogP contribution in [0.4, 0.5) is 0 Å². The van der Waals surface area contributed by atoms with Gasteiger partial charge in [0.25, 0.3) is 0 Å². The molecule has 3 heteroatoms. The number of aliphatic carboxylic acids is 1. The van der Waals surface area contributed by atoms with Gasteiger partial charge < -0.3 is 10.0 Å². The van der Waals surface area contributed by atoms with Crippen molar-refractivity contribution in [2.24, 2.45) is 11.3 Å². The van der Waals surface area contributed by atoms with Gasteiger partial charge in [0.15, 0.2) is 0 Å². The van der Waals surface area contributed by atoms with Crippen LogP contribution in [-0.4, -0.2) is 35.6 Å². The molecule has 2 aliphatic carbocycles. The standard InChI is InChI=1S/C15H27NO2/c1-12-7-3-4-8-13(12)16(2)11-15(14(17)18)9-5-6-10-15/h12-13H,3-11H2,1-2H3,(H,17,18). The van der Waals surface area contributed by atoms with Crippen molar-refractivity contribution < 1.29 is 9.90 Å². The Morgan fingerprint density at radius 3 is 2.39 bits per heavy atom. The van der Waals surface area contributed by atoms with Crippen LogP contribution in [0, 0.1) is 11.3 Å². The topological polar surface area (TPSA) is 40.5 Å². The molecule has 0 aromatic heterocycles. The first-order valence-electron chi connectivity index (χ1n) is 7.49. The highest BCUT2D eigenvalue weighted by molar-refractivity contribution is 5.75. The maximum Gasteiger partial charge on any atom is 0.310 e. The Bertz CT molecular complexity index is 297. The van der Waals surface area contributed by atoms with E-state index in [0.717, 1.165) is 38.1 Å². The van der Waals surface area contributed by atoms with Crippen LogP contribution >= 0.6 is 0 Å².